The van der Waals surface area contributed by atoms with Crippen molar-refractivity contribution in [2.45, 2.75) is 25.2 Å². The van der Waals surface area contributed by atoms with Crippen LogP contribution in [0, 0.1) is 0 Å². The van der Waals surface area contributed by atoms with Crippen LogP contribution in [0.4, 0.5) is 13.2 Å². The lowest BCUT2D eigenvalue weighted by atomic mass is 10.8. The van der Waals surface area contributed by atoms with Gasteiger partial charge in [-0.15, -0.1) is 0 Å². The number of rotatable bonds is 2. The van der Waals surface area contributed by atoms with Crippen LogP contribution >= 0.6 is 0 Å². The minimum atomic E-state index is -3.05. The van der Waals surface area contributed by atoms with Gasteiger partial charge in [0, 0.05) is 0 Å². The molecule has 0 aliphatic rings. The molecule has 0 bridgehead atoms. The Balaban J connectivity index is 4.14. The third-order valence-electron chi connectivity index (χ3n) is 1.27. The van der Waals surface area contributed by atoms with Crippen LogP contribution in [0.15, 0.2) is 0 Å². The molecule has 0 N–H and O–H groups in total. The zero-order valence-electron chi connectivity index (χ0n) is 5.84. The first-order valence-electron chi connectivity index (χ1n) is 2.75. The molecule has 0 nitrogen and oxygen atoms in total. The van der Waals surface area contributed by atoms with Crippen LogP contribution in [0.25, 0.3) is 0 Å². The molecule has 0 amide bonds. The van der Waals surface area contributed by atoms with Gasteiger partial charge in [-0.1, -0.05) is 19.6 Å². The lowest BCUT2D eigenvalue weighted by Crippen LogP contribution is -2.46. The zero-order chi connectivity index (χ0) is 7.71. The van der Waals surface area contributed by atoms with Gasteiger partial charge >= 0.3 is 0 Å². The molecule has 0 aliphatic carbocycles. The summed E-state index contributed by atoms with van der Waals surface area (Å²) in [7, 11) is -2.59. The molecule has 9 heavy (non-hydrogen) atoms. The van der Waals surface area contributed by atoms with Gasteiger partial charge < -0.3 is 0 Å². The zero-order valence-corrected chi connectivity index (χ0v) is 6.84. The Morgan fingerprint density at radius 2 is 1.56 bits per heavy atom. The van der Waals surface area contributed by atoms with E-state index >= 15 is 0 Å². The highest BCUT2D eigenvalue weighted by molar-refractivity contribution is 6.78. The maximum atomic E-state index is 12.3. The monoisotopic (exact) mass is 156 g/mol. The van der Waals surface area contributed by atoms with Crippen LogP contribution in [0.5, 0.6) is 0 Å². The van der Waals surface area contributed by atoms with Gasteiger partial charge in [0.25, 0.3) is 5.55 Å². The van der Waals surface area contributed by atoms with E-state index in [0.29, 0.717) is 0 Å². The summed E-state index contributed by atoms with van der Waals surface area (Å²) in [4.78, 5) is 0. The molecule has 0 aromatic rings. The van der Waals surface area contributed by atoms with Crippen molar-refractivity contribution in [1.82, 2.24) is 0 Å². The number of hydrogen-bond acceptors (Lipinski definition) is 0. The average Bonchev–Trinajstić information content (AvgIpc) is 1.64. The first-order valence-corrected chi connectivity index (χ1v) is 6.25. The van der Waals surface area contributed by atoms with Gasteiger partial charge in [0.2, 0.25) is 0 Å². The number of hydrogen-bond donors (Lipinski definition) is 0. The normalized spacial score (nSPS) is 14.0. The lowest BCUT2D eigenvalue weighted by Gasteiger charge is -2.25. The fraction of sp³-hybridized carbons (Fsp3) is 1.00. The molecule has 4 heteroatoms. The fourth-order valence-corrected chi connectivity index (χ4v) is 0.601. The van der Waals surface area contributed by atoms with Gasteiger partial charge in [0.1, 0.15) is 14.7 Å². The van der Waals surface area contributed by atoms with Crippen LogP contribution in [-0.2, 0) is 0 Å². The van der Waals surface area contributed by atoms with Gasteiger partial charge in [0.15, 0.2) is 0 Å². The Kier molecular flexibility index (Phi) is 2.33. The Morgan fingerprint density at radius 3 is 1.56 bits per heavy atom. The van der Waals surface area contributed by atoms with Crippen LogP contribution in [-0.4, -0.2) is 20.3 Å². The maximum Gasteiger partial charge on any atom is 0.256 e. The molecular weight excluding hydrogens is 145 g/mol. The molecule has 56 valence electrons. The SMILES string of the molecule is C[Si](C)(C)C(F)(F)CF. The summed E-state index contributed by atoms with van der Waals surface area (Å²) >= 11 is 0. The first-order chi connectivity index (χ1) is 3.81. The van der Waals surface area contributed by atoms with E-state index in [0.717, 1.165) is 0 Å². The molecule has 0 saturated carbocycles. The predicted molar refractivity (Wildman–Crippen MR) is 34.3 cm³/mol. The van der Waals surface area contributed by atoms with Crippen molar-refractivity contribution in [3.05, 3.63) is 0 Å². The smallest absolute Gasteiger partial charge is 0.245 e. The standard InChI is InChI=1S/C5H11F3Si/c1-9(2,3)5(7,8)4-6/h4H2,1-3H3. The van der Waals surface area contributed by atoms with E-state index in [9.17, 15) is 13.2 Å². The summed E-state index contributed by atoms with van der Waals surface area (Å²) in [6, 6.07) is 0. The Hall–Kier alpha value is 0.00688. The highest BCUT2D eigenvalue weighted by atomic mass is 28.3. The molecule has 0 aliphatic heterocycles. The van der Waals surface area contributed by atoms with Crippen LogP contribution < -0.4 is 0 Å². The van der Waals surface area contributed by atoms with Gasteiger partial charge in [-0.25, -0.2) is 13.2 Å². The molecular formula is C5H11F3Si. The van der Waals surface area contributed by atoms with Gasteiger partial charge in [-0.05, 0) is 0 Å². The van der Waals surface area contributed by atoms with Crippen molar-refractivity contribution in [2.24, 2.45) is 0 Å². The van der Waals surface area contributed by atoms with Gasteiger partial charge in [-0.2, -0.15) is 0 Å². The predicted octanol–water partition coefficient (Wildman–Crippen LogP) is 2.47. The van der Waals surface area contributed by atoms with E-state index in [1.807, 2.05) is 0 Å². The van der Waals surface area contributed by atoms with E-state index in [-0.39, 0.29) is 0 Å². The quantitative estimate of drug-likeness (QED) is 0.539. The second-order valence-electron chi connectivity index (χ2n) is 3.09. The van der Waals surface area contributed by atoms with Crippen molar-refractivity contribution in [3.8, 4) is 0 Å². The van der Waals surface area contributed by atoms with Crippen molar-refractivity contribution < 1.29 is 13.2 Å². The van der Waals surface area contributed by atoms with E-state index in [4.69, 9.17) is 0 Å². The molecule has 0 rings (SSSR count). The van der Waals surface area contributed by atoms with E-state index in [1.54, 1.807) is 0 Å². The molecule has 0 heterocycles. The molecule has 0 unspecified atom stereocenters. The van der Waals surface area contributed by atoms with Gasteiger partial charge in [-0.3, -0.25) is 0 Å². The van der Waals surface area contributed by atoms with Crippen LogP contribution in [0.1, 0.15) is 0 Å². The molecule has 0 atom stereocenters. The van der Waals surface area contributed by atoms with Crippen molar-refractivity contribution in [1.29, 1.82) is 0 Å². The van der Waals surface area contributed by atoms with Crippen LogP contribution in [0.3, 0.4) is 0 Å². The first kappa shape index (κ1) is 9.01. The summed E-state index contributed by atoms with van der Waals surface area (Å²) in [5.41, 5.74) is -3.05. The van der Waals surface area contributed by atoms with E-state index in [1.165, 1.54) is 19.6 Å². The summed E-state index contributed by atoms with van der Waals surface area (Å²) in [5, 5.41) is 0. The summed E-state index contributed by atoms with van der Waals surface area (Å²) < 4.78 is 36.2. The van der Waals surface area contributed by atoms with E-state index in [2.05, 4.69) is 0 Å². The lowest BCUT2D eigenvalue weighted by molar-refractivity contribution is 0.0518. The molecule has 0 radical (unpaired) electrons. The third kappa shape index (κ3) is 2.00. The van der Waals surface area contributed by atoms with Crippen molar-refractivity contribution in [2.75, 3.05) is 6.67 Å². The minimum Gasteiger partial charge on any atom is -0.245 e. The molecule has 0 aromatic heterocycles. The number of alkyl halides is 3. The van der Waals surface area contributed by atoms with E-state index < -0.39 is 20.3 Å². The maximum absolute atomic E-state index is 12.3. The highest BCUT2D eigenvalue weighted by Gasteiger charge is 2.44. The second-order valence-corrected chi connectivity index (χ2v) is 8.32. The summed E-state index contributed by atoms with van der Waals surface area (Å²) in [5.74, 6) is 0. The molecule has 0 saturated heterocycles. The third-order valence-corrected chi connectivity index (χ3v) is 3.59. The van der Waals surface area contributed by atoms with Crippen molar-refractivity contribution in [3.63, 3.8) is 0 Å². The van der Waals surface area contributed by atoms with Crippen molar-refractivity contribution >= 4 is 8.07 Å². The largest absolute Gasteiger partial charge is 0.256 e. The van der Waals surface area contributed by atoms with Gasteiger partial charge in [0.05, 0.1) is 0 Å². The Labute approximate surface area is 54.1 Å². The summed E-state index contributed by atoms with van der Waals surface area (Å²) in [6.07, 6.45) is 0. The highest BCUT2D eigenvalue weighted by Crippen LogP contribution is 2.26. The average molecular weight is 156 g/mol. The number of halogens is 3. The molecule has 0 spiro atoms. The second kappa shape index (κ2) is 2.32. The minimum absolute atomic E-state index is 1.45. The molecule has 0 fully saturated rings. The fourth-order valence-electron chi connectivity index (χ4n) is 0.200. The topological polar surface area (TPSA) is 0 Å². The Morgan fingerprint density at radius 1 is 1.22 bits per heavy atom. The van der Waals surface area contributed by atoms with Crippen LogP contribution in [0.2, 0.25) is 19.6 Å². The molecule has 0 aromatic carbocycles. The summed E-state index contributed by atoms with van der Waals surface area (Å²) in [6.45, 7) is 2.84. The Bertz CT molecular complexity index is 94.9.